The average molecular weight is 302 g/mol. The van der Waals surface area contributed by atoms with E-state index in [2.05, 4.69) is 9.97 Å². The summed E-state index contributed by atoms with van der Waals surface area (Å²) in [5, 5.41) is 0. The van der Waals surface area contributed by atoms with Crippen LogP contribution in [0, 0.1) is 12.9 Å². The second kappa shape index (κ2) is 6.19. The highest BCUT2D eigenvalue weighted by molar-refractivity contribution is 5.95. The predicted molar refractivity (Wildman–Crippen MR) is 76.4 cm³/mol. The quantitative estimate of drug-likeness (QED) is 0.625. The smallest absolute Gasteiger partial charge is 0.213 e. The molecule has 0 aliphatic carbocycles. The molecule has 22 heavy (non-hydrogen) atoms. The molecule has 0 amide bonds. The summed E-state index contributed by atoms with van der Waals surface area (Å²) in [5.41, 5.74) is 1.36. The van der Waals surface area contributed by atoms with Crippen LogP contribution in [0.15, 0.2) is 30.3 Å². The van der Waals surface area contributed by atoms with Crippen LogP contribution in [0.3, 0.4) is 0 Å². The van der Waals surface area contributed by atoms with Crippen LogP contribution in [0.5, 0.6) is 5.75 Å². The maximum absolute atomic E-state index is 13.1. The van der Waals surface area contributed by atoms with E-state index in [0.29, 0.717) is 36.0 Å². The minimum absolute atomic E-state index is 0.000191. The largest absolute Gasteiger partial charge is 0.485 e. The molecule has 3 rings (SSSR count). The molecule has 2 aromatic heterocycles. The summed E-state index contributed by atoms with van der Waals surface area (Å²) in [6.07, 6.45) is 0.0230. The van der Waals surface area contributed by atoms with Gasteiger partial charge in [-0.3, -0.25) is 4.79 Å². The Morgan fingerprint density at radius 3 is 2.86 bits per heavy atom. The van der Waals surface area contributed by atoms with Crippen molar-refractivity contribution in [2.75, 3.05) is 13.2 Å². The number of pyridine rings is 2. The molecule has 6 heteroatoms. The molecule has 0 N–H and O–H groups in total. The van der Waals surface area contributed by atoms with Gasteiger partial charge < -0.3 is 9.47 Å². The zero-order valence-corrected chi connectivity index (χ0v) is 12.1. The molecular formula is C16H15FN2O3. The number of carbonyl (C=O) groups excluding carboxylic acids is 1. The number of carbonyl (C=O) groups is 1. The van der Waals surface area contributed by atoms with E-state index in [0.717, 1.165) is 0 Å². The lowest BCUT2D eigenvalue weighted by Gasteiger charge is -2.26. The molecule has 1 saturated heterocycles. The first-order valence-electron chi connectivity index (χ1n) is 6.98. The summed E-state index contributed by atoms with van der Waals surface area (Å²) in [6.45, 7) is 2.90. The van der Waals surface area contributed by atoms with Crippen LogP contribution in [0.25, 0.3) is 0 Å². The topological polar surface area (TPSA) is 61.3 Å². The van der Waals surface area contributed by atoms with Crippen LogP contribution in [-0.2, 0) is 11.2 Å². The van der Waals surface area contributed by atoms with E-state index >= 15 is 0 Å². The van der Waals surface area contributed by atoms with E-state index in [-0.39, 0.29) is 18.3 Å². The van der Waals surface area contributed by atoms with Gasteiger partial charge in [0.15, 0.2) is 5.78 Å². The number of hydrogen-bond acceptors (Lipinski definition) is 5. The number of aryl methyl sites for hydroxylation is 1. The van der Waals surface area contributed by atoms with Gasteiger partial charge >= 0.3 is 0 Å². The zero-order chi connectivity index (χ0) is 15.5. The van der Waals surface area contributed by atoms with Crippen molar-refractivity contribution < 1.29 is 18.7 Å². The van der Waals surface area contributed by atoms with Crippen molar-refractivity contribution in [1.82, 2.24) is 9.97 Å². The number of ketones is 1. The Morgan fingerprint density at radius 2 is 2.18 bits per heavy atom. The van der Waals surface area contributed by atoms with Gasteiger partial charge in [-0.15, -0.1) is 0 Å². The summed E-state index contributed by atoms with van der Waals surface area (Å²) >= 11 is 0. The van der Waals surface area contributed by atoms with E-state index in [4.69, 9.17) is 9.47 Å². The maximum Gasteiger partial charge on any atom is 0.213 e. The van der Waals surface area contributed by atoms with Crippen LogP contribution in [0.1, 0.15) is 21.9 Å². The lowest BCUT2D eigenvalue weighted by atomic mass is 10.1. The molecular weight excluding hydrogens is 287 g/mol. The molecule has 0 bridgehead atoms. The number of nitrogens with zero attached hydrogens (tertiary/aromatic N) is 2. The van der Waals surface area contributed by atoms with Gasteiger partial charge in [0, 0.05) is 17.8 Å². The fourth-order valence-electron chi connectivity index (χ4n) is 2.13. The molecule has 0 saturated carbocycles. The Labute approximate surface area is 127 Å². The van der Waals surface area contributed by atoms with Crippen LogP contribution in [0.2, 0.25) is 0 Å². The molecule has 0 aromatic carbocycles. The molecule has 3 heterocycles. The predicted octanol–water partition coefficient (Wildman–Crippen LogP) is 2.13. The number of hydrogen-bond donors (Lipinski definition) is 0. The summed E-state index contributed by atoms with van der Waals surface area (Å²) in [4.78, 5) is 20.2. The highest BCUT2D eigenvalue weighted by Crippen LogP contribution is 2.19. The molecule has 1 aliphatic heterocycles. The zero-order valence-electron chi connectivity index (χ0n) is 12.1. The molecule has 0 atom stereocenters. The van der Waals surface area contributed by atoms with Crippen molar-refractivity contribution in [1.29, 1.82) is 0 Å². The second-order valence-electron chi connectivity index (χ2n) is 5.16. The lowest BCUT2D eigenvalue weighted by Crippen LogP contribution is -2.38. The Bertz CT molecular complexity index is 702. The second-order valence-corrected chi connectivity index (χ2v) is 5.16. The summed E-state index contributed by atoms with van der Waals surface area (Å²) in [5.74, 6) is -0.232. The third-order valence-corrected chi connectivity index (χ3v) is 3.24. The number of halogens is 1. The van der Waals surface area contributed by atoms with Crippen molar-refractivity contribution in [2.45, 2.75) is 19.4 Å². The lowest BCUT2D eigenvalue weighted by molar-refractivity contribution is -0.0797. The van der Waals surface area contributed by atoms with Gasteiger partial charge in [0.2, 0.25) is 5.95 Å². The minimum atomic E-state index is -0.600. The van der Waals surface area contributed by atoms with Gasteiger partial charge in [-0.2, -0.15) is 4.39 Å². The molecule has 0 spiro atoms. The third kappa shape index (κ3) is 3.46. The van der Waals surface area contributed by atoms with Crippen molar-refractivity contribution in [3.05, 3.63) is 53.4 Å². The van der Waals surface area contributed by atoms with Crippen molar-refractivity contribution >= 4 is 5.78 Å². The first-order valence-corrected chi connectivity index (χ1v) is 6.98. The summed E-state index contributed by atoms with van der Waals surface area (Å²) in [6, 6.07) is 7.76. The average Bonchev–Trinajstić information content (AvgIpc) is 2.42. The SMILES string of the molecule is Cc1cc(OC2COC2)cc(C(=O)Cc2cccc(F)n2)n1. The highest BCUT2D eigenvalue weighted by atomic mass is 19.1. The fraction of sp³-hybridized carbons (Fsp3) is 0.312. The van der Waals surface area contributed by atoms with E-state index in [1.165, 1.54) is 12.1 Å². The summed E-state index contributed by atoms with van der Waals surface area (Å²) in [7, 11) is 0. The van der Waals surface area contributed by atoms with E-state index in [1.54, 1.807) is 25.1 Å². The molecule has 114 valence electrons. The van der Waals surface area contributed by atoms with E-state index < -0.39 is 5.95 Å². The Morgan fingerprint density at radius 1 is 1.36 bits per heavy atom. The minimum Gasteiger partial charge on any atom is -0.485 e. The van der Waals surface area contributed by atoms with Crippen LogP contribution in [-0.4, -0.2) is 35.1 Å². The number of Topliss-reactive ketones (excluding diaryl/α,β-unsaturated/α-hetero) is 1. The van der Waals surface area contributed by atoms with Crippen molar-refractivity contribution in [3.8, 4) is 5.75 Å². The standard InChI is InChI=1S/C16H15FN2O3/c1-10-5-12(22-13-8-21-9-13)7-14(18-10)15(20)6-11-3-2-4-16(17)19-11/h2-5,7,13H,6,8-9H2,1H3. The fourth-order valence-corrected chi connectivity index (χ4v) is 2.13. The van der Waals surface area contributed by atoms with Gasteiger partial charge in [-0.25, -0.2) is 9.97 Å². The summed E-state index contributed by atoms with van der Waals surface area (Å²) < 4.78 is 23.8. The van der Waals surface area contributed by atoms with Gasteiger partial charge in [0.1, 0.15) is 17.5 Å². The molecule has 0 radical (unpaired) electrons. The molecule has 5 nitrogen and oxygen atoms in total. The maximum atomic E-state index is 13.1. The number of ether oxygens (including phenoxy) is 2. The molecule has 1 aliphatic rings. The van der Waals surface area contributed by atoms with Crippen molar-refractivity contribution in [3.63, 3.8) is 0 Å². The Balaban J connectivity index is 1.76. The Hall–Kier alpha value is -2.34. The number of aromatic nitrogens is 2. The van der Waals surface area contributed by atoms with Crippen molar-refractivity contribution in [2.24, 2.45) is 0 Å². The van der Waals surface area contributed by atoms with Gasteiger partial charge in [0.25, 0.3) is 0 Å². The van der Waals surface area contributed by atoms with Crippen LogP contribution in [0.4, 0.5) is 4.39 Å². The molecule has 1 fully saturated rings. The van der Waals surface area contributed by atoms with Gasteiger partial charge in [-0.1, -0.05) is 6.07 Å². The van der Waals surface area contributed by atoms with Gasteiger partial charge in [0.05, 0.1) is 25.3 Å². The van der Waals surface area contributed by atoms with Crippen LogP contribution < -0.4 is 4.74 Å². The van der Waals surface area contributed by atoms with Gasteiger partial charge in [-0.05, 0) is 19.1 Å². The molecule has 0 unspecified atom stereocenters. The third-order valence-electron chi connectivity index (χ3n) is 3.24. The highest BCUT2D eigenvalue weighted by Gasteiger charge is 2.21. The monoisotopic (exact) mass is 302 g/mol. The number of rotatable bonds is 5. The Kier molecular flexibility index (Phi) is 4.11. The van der Waals surface area contributed by atoms with E-state index in [1.807, 2.05) is 0 Å². The molecule has 2 aromatic rings. The first kappa shape index (κ1) is 14.6. The normalized spacial score (nSPS) is 14.5. The van der Waals surface area contributed by atoms with Crippen LogP contribution >= 0.6 is 0 Å². The van der Waals surface area contributed by atoms with E-state index in [9.17, 15) is 9.18 Å². The first-order chi connectivity index (χ1) is 10.6.